The Hall–Kier alpha value is -5.92. The van der Waals surface area contributed by atoms with Gasteiger partial charge in [-0.1, -0.05) is 84.9 Å². The second-order valence-electron chi connectivity index (χ2n) is 11.1. The lowest BCUT2D eigenvalue weighted by Gasteiger charge is -2.36. The van der Waals surface area contributed by atoms with Crippen molar-refractivity contribution in [3.05, 3.63) is 107 Å². The number of amides is 5. The standard InChI is InChI=1S/C33H34N6O8/c1-21(40)36-26(18-28(41)42)29(43)38(27(30(44)45)17-22-9-5-3-6-10-22)39-31(46)33(2,25-15-13-23(14-16-25)19-35-34)37(32(39)47)20-24-11-7-4-8-12-24/h3-16,26-27,34H,17-20H2,1-2H3,(H,36,40)(H,41,42)(H,44,45)/t26-,27-,33+/m0/s1. The van der Waals surface area contributed by atoms with Crippen LogP contribution in [0.15, 0.2) is 90.0 Å². The Morgan fingerprint density at radius 3 is 1.98 bits per heavy atom. The number of imide groups is 1. The topological polar surface area (TPSA) is 201 Å². The molecule has 0 saturated carbocycles. The maximum absolute atomic E-state index is 14.7. The molecule has 14 nitrogen and oxygen atoms in total. The monoisotopic (exact) mass is 642 g/mol. The molecule has 1 aliphatic rings. The fourth-order valence-electron chi connectivity index (χ4n) is 5.49. The summed E-state index contributed by atoms with van der Waals surface area (Å²) in [6, 6.07) is 18.7. The van der Waals surface area contributed by atoms with Gasteiger partial charge in [-0.2, -0.15) is 10.1 Å². The van der Waals surface area contributed by atoms with E-state index >= 15 is 0 Å². The van der Waals surface area contributed by atoms with Crippen LogP contribution in [0.25, 0.3) is 0 Å². The number of hydrazine groups is 1. The molecule has 1 aliphatic heterocycles. The lowest BCUT2D eigenvalue weighted by molar-refractivity contribution is -0.171. The highest BCUT2D eigenvalue weighted by molar-refractivity contribution is 6.09. The fraction of sp³-hybridized carbons (Fsp3) is 0.273. The van der Waals surface area contributed by atoms with Crippen LogP contribution in [0.4, 0.5) is 4.79 Å². The Balaban J connectivity index is 1.92. The van der Waals surface area contributed by atoms with E-state index in [1.807, 2.05) is 0 Å². The molecule has 14 heteroatoms. The first-order valence-corrected chi connectivity index (χ1v) is 14.6. The maximum Gasteiger partial charge on any atom is 0.347 e. The number of carboxylic acids is 2. The summed E-state index contributed by atoms with van der Waals surface area (Å²) in [6.45, 7) is 2.48. The molecule has 0 unspecified atom stereocenters. The molecule has 4 rings (SSSR count). The van der Waals surface area contributed by atoms with Gasteiger partial charge >= 0.3 is 18.0 Å². The summed E-state index contributed by atoms with van der Waals surface area (Å²) in [4.78, 5) is 81.3. The quantitative estimate of drug-likeness (QED) is 0.151. The first kappa shape index (κ1) is 34.0. The van der Waals surface area contributed by atoms with E-state index in [1.54, 1.807) is 84.9 Å². The number of urea groups is 1. The third-order valence-corrected chi connectivity index (χ3v) is 7.87. The lowest BCUT2D eigenvalue weighted by atomic mass is 9.89. The highest BCUT2D eigenvalue weighted by Gasteiger charge is 2.60. The van der Waals surface area contributed by atoms with Gasteiger partial charge in [-0.25, -0.2) is 20.1 Å². The van der Waals surface area contributed by atoms with Crippen molar-refractivity contribution in [1.29, 1.82) is 5.53 Å². The molecule has 5 amide bonds. The predicted octanol–water partition coefficient (Wildman–Crippen LogP) is 3.32. The van der Waals surface area contributed by atoms with Crippen LogP contribution in [0.5, 0.6) is 0 Å². The number of nitrogens with zero attached hydrogens (tertiary/aromatic N) is 4. The van der Waals surface area contributed by atoms with Crippen LogP contribution in [0.1, 0.15) is 42.5 Å². The van der Waals surface area contributed by atoms with E-state index in [4.69, 9.17) is 5.53 Å². The van der Waals surface area contributed by atoms with E-state index in [-0.39, 0.29) is 19.5 Å². The van der Waals surface area contributed by atoms with Crippen molar-refractivity contribution >= 4 is 35.7 Å². The number of benzene rings is 3. The van der Waals surface area contributed by atoms with E-state index in [1.165, 1.54) is 11.8 Å². The lowest BCUT2D eigenvalue weighted by Crippen LogP contribution is -2.63. The van der Waals surface area contributed by atoms with E-state index < -0.39 is 59.7 Å². The smallest absolute Gasteiger partial charge is 0.347 e. The Morgan fingerprint density at radius 2 is 1.47 bits per heavy atom. The zero-order chi connectivity index (χ0) is 34.3. The Morgan fingerprint density at radius 1 is 0.894 bits per heavy atom. The summed E-state index contributed by atoms with van der Waals surface area (Å²) < 4.78 is 0. The zero-order valence-electron chi connectivity index (χ0n) is 25.7. The molecule has 1 fully saturated rings. The Kier molecular flexibility index (Phi) is 10.4. The van der Waals surface area contributed by atoms with Gasteiger partial charge in [0.2, 0.25) is 5.91 Å². The largest absolute Gasteiger partial charge is 0.481 e. The van der Waals surface area contributed by atoms with Crippen LogP contribution < -0.4 is 5.32 Å². The highest BCUT2D eigenvalue weighted by atomic mass is 16.4. The van der Waals surface area contributed by atoms with Gasteiger partial charge in [0.25, 0.3) is 11.8 Å². The van der Waals surface area contributed by atoms with Crippen molar-refractivity contribution < 1.29 is 39.0 Å². The molecule has 0 spiro atoms. The molecule has 3 atom stereocenters. The molecule has 1 heterocycles. The number of aliphatic carboxylic acids is 2. The number of hydrogen-bond donors (Lipinski definition) is 4. The van der Waals surface area contributed by atoms with Gasteiger partial charge in [-0.05, 0) is 29.2 Å². The van der Waals surface area contributed by atoms with Crippen molar-refractivity contribution in [2.45, 2.75) is 57.4 Å². The van der Waals surface area contributed by atoms with Gasteiger partial charge in [-0.15, -0.1) is 0 Å². The molecule has 0 radical (unpaired) electrons. The van der Waals surface area contributed by atoms with Crippen LogP contribution in [0, 0.1) is 5.53 Å². The first-order valence-electron chi connectivity index (χ1n) is 14.6. The summed E-state index contributed by atoms with van der Waals surface area (Å²) in [7, 11) is 0. The Labute approximate surface area is 270 Å². The van der Waals surface area contributed by atoms with Gasteiger partial charge in [0.05, 0.1) is 13.0 Å². The third kappa shape index (κ3) is 7.32. The van der Waals surface area contributed by atoms with Gasteiger partial charge < -0.3 is 15.5 Å². The summed E-state index contributed by atoms with van der Waals surface area (Å²) >= 11 is 0. The molecule has 244 valence electrons. The van der Waals surface area contributed by atoms with Gasteiger partial charge in [0.1, 0.15) is 11.6 Å². The van der Waals surface area contributed by atoms with Crippen molar-refractivity contribution in [1.82, 2.24) is 20.2 Å². The maximum atomic E-state index is 14.7. The normalized spacial score (nSPS) is 17.1. The molecular weight excluding hydrogens is 608 g/mol. The van der Waals surface area contributed by atoms with Crippen molar-refractivity contribution in [3.63, 3.8) is 0 Å². The van der Waals surface area contributed by atoms with E-state index in [9.17, 15) is 39.0 Å². The molecule has 4 N–H and O–H groups in total. The summed E-state index contributed by atoms with van der Waals surface area (Å²) in [6.07, 6.45) is -1.31. The van der Waals surface area contributed by atoms with Crippen molar-refractivity contribution in [2.75, 3.05) is 0 Å². The summed E-state index contributed by atoms with van der Waals surface area (Å²) in [5.74, 6) is -6.09. The summed E-state index contributed by atoms with van der Waals surface area (Å²) in [5.41, 5.74) is 7.45. The molecule has 0 aliphatic carbocycles. The SMILES string of the molecule is CC(=O)N[C@@H](CC(=O)O)C(=O)N([C@@H](Cc1ccccc1)C(=O)O)N1C(=O)N(Cc2ccccc2)[C@](C)(c2ccc(CN=N)cc2)C1=O. The number of rotatable bonds is 14. The highest BCUT2D eigenvalue weighted by Crippen LogP contribution is 2.40. The molecule has 0 aromatic heterocycles. The second-order valence-corrected chi connectivity index (χ2v) is 11.1. The minimum Gasteiger partial charge on any atom is -0.481 e. The van der Waals surface area contributed by atoms with Crippen LogP contribution in [-0.4, -0.2) is 72.9 Å². The zero-order valence-corrected chi connectivity index (χ0v) is 25.7. The minimum atomic E-state index is -1.87. The molecule has 0 bridgehead atoms. The molecule has 3 aromatic rings. The van der Waals surface area contributed by atoms with E-state index in [0.29, 0.717) is 32.3 Å². The van der Waals surface area contributed by atoms with Crippen LogP contribution >= 0.6 is 0 Å². The van der Waals surface area contributed by atoms with Crippen LogP contribution in [0.2, 0.25) is 0 Å². The van der Waals surface area contributed by atoms with E-state index in [0.717, 1.165) is 6.92 Å². The fourth-order valence-corrected chi connectivity index (χ4v) is 5.49. The molecular formula is C33H34N6O8. The number of carbonyl (C=O) groups excluding carboxylic acids is 4. The first-order chi connectivity index (χ1) is 22.4. The average molecular weight is 643 g/mol. The molecule has 1 saturated heterocycles. The number of hydrogen-bond acceptors (Lipinski definition) is 8. The molecule has 47 heavy (non-hydrogen) atoms. The van der Waals surface area contributed by atoms with Gasteiger partial charge in [0.15, 0.2) is 6.04 Å². The van der Waals surface area contributed by atoms with Gasteiger partial charge in [0, 0.05) is 19.9 Å². The van der Waals surface area contributed by atoms with Gasteiger partial charge in [-0.3, -0.25) is 24.1 Å². The van der Waals surface area contributed by atoms with Crippen molar-refractivity contribution in [3.8, 4) is 0 Å². The third-order valence-electron chi connectivity index (χ3n) is 7.87. The number of carbonyl (C=O) groups is 6. The summed E-state index contributed by atoms with van der Waals surface area (Å²) in [5, 5.41) is 26.6. The number of nitrogens with one attached hydrogen (secondary N) is 2. The average Bonchev–Trinajstić information content (AvgIpc) is 3.22. The van der Waals surface area contributed by atoms with Crippen molar-refractivity contribution in [2.24, 2.45) is 5.11 Å². The van der Waals surface area contributed by atoms with E-state index in [2.05, 4.69) is 10.4 Å². The van der Waals surface area contributed by atoms with Crippen LogP contribution in [-0.2, 0) is 49.0 Å². The van der Waals surface area contributed by atoms with Crippen LogP contribution in [0.3, 0.4) is 0 Å². The molecule has 3 aromatic carbocycles. The Bertz CT molecular complexity index is 1650. The second kappa shape index (κ2) is 14.5. The predicted molar refractivity (Wildman–Crippen MR) is 165 cm³/mol. The minimum absolute atomic E-state index is 0.0832. The number of carboxylic acid groups (broad SMARTS) is 2.